The van der Waals surface area contributed by atoms with Crippen LogP contribution in [0.2, 0.25) is 0 Å². The van der Waals surface area contributed by atoms with Crippen LogP contribution in [0, 0.1) is 5.82 Å². The second kappa shape index (κ2) is 5.59. The summed E-state index contributed by atoms with van der Waals surface area (Å²) in [5, 5.41) is 5.58. The summed E-state index contributed by atoms with van der Waals surface area (Å²) in [6.45, 7) is 0.645. The summed E-state index contributed by atoms with van der Waals surface area (Å²) < 4.78 is 13.6. The molecular formula is C16H12BrFN2. The van der Waals surface area contributed by atoms with Crippen molar-refractivity contribution in [2.24, 2.45) is 0 Å². The summed E-state index contributed by atoms with van der Waals surface area (Å²) >= 11 is 3.18. The molecule has 1 N–H and O–H groups in total. The molecule has 0 aliphatic rings. The summed E-state index contributed by atoms with van der Waals surface area (Å²) in [4.78, 5) is 4.25. The van der Waals surface area contributed by atoms with E-state index < -0.39 is 0 Å². The first kappa shape index (κ1) is 13.1. The van der Waals surface area contributed by atoms with Gasteiger partial charge in [-0.05, 0) is 45.1 Å². The van der Waals surface area contributed by atoms with Gasteiger partial charge in [0.25, 0.3) is 0 Å². The third-order valence-corrected chi connectivity index (χ3v) is 3.76. The van der Waals surface area contributed by atoms with E-state index in [1.165, 1.54) is 11.5 Å². The lowest BCUT2D eigenvalue weighted by molar-refractivity contribution is 0.621. The van der Waals surface area contributed by atoms with E-state index >= 15 is 0 Å². The van der Waals surface area contributed by atoms with E-state index in [1.807, 2.05) is 30.6 Å². The maximum absolute atomic E-state index is 13.2. The highest BCUT2D eigenvalue weighted by molar-refractivity contribution is 9.10. The molecule has 3 aromatic rings. The zero-order chi connectivity index (χ0) is 13.9. The van der Waals surface area contributed by atoms with Crippen molar-refractivity contribution in [1.29, 1.82) is 0 Å². The van der Waals surface area contributed by atoms with Crippen molar-refractivity contribution in [3.8, 4) is 0 Å². The smallest absolute Gasteiger partial charge is 0.137 e. The largest absolute Gasteiger partial charge is 0.381 e. The molecule has 2 aromatic carbocycles. The van der Waals surface area contributed by atoms with Crippen molar-refractivity contribution in [3.63, 3.8) is 0 Å². The minimum atomic E-state index is -0.262. The second-order valence-corrected chi connectivity index (χ2v) is 5.36. The summed E-state index contributed by atoms with van der Waals surface area (Å²) in [5.74, 6) is -0.262. The van der Waals surface area contributed by atoms with Crippen molar-refractivity contribution in [3.05, 3.63) is 70.7 Å². The molecule has 100 valence electrons. The first-order chi connectivity index (χ1) is 9.74. The topological polar surface area (TPSA) is 24.9 Å². The number of anilines is 1. The van der Waals surface area contributed by atoms with Crippen LogP contribution in [0.15, 0.2) is 59.3 Å². The molecule has 4 heteroatoms. The molecule has 0 atom stereocenters. The van der Waals surface area contributed by atoms with E-state index in [0.717, 1.165) is 16.6 Å². The standard InChI is InChI=1S/C16H12BrFN2/c17-15-7-13(5-6-16(15)18)20-10-12-9-19-8-11-3-1-2-4-14(11)12/h1-9,20H,10H2. The molecule has 1 aromatic heterocycles. The second-order valence-electron chi connectivity index (χ2n) is 4.50. The number of hydrogen-bond acceptors (Lipinski definition) is 2. The average Bonchev–Trinajstić information content (AvgIpc) is 2.48. The molecule has 3 rings (SSSR count). The van der Waals surface area contributed by atoms with Gasteiger partial charge in [-0.25, -0.2) is 4.39 Å². The normalized spacial score (nSPS) is 10.7. The predicted molar refractivity (Wildman–Crippen MR) is 83.2 cm³/mol. The molecule has 0 radical (unpaired) electrons. The summed E-state index contributed by atoms with van der Waals surface area (Å²) in [5.41, 5.74) is 1.98. The highest BCUT2D eigenvalue weighted by Crippen LogP contribution is 2.22. The van der Waals surface area contributed by atoms with Crippen LogP contribution in [0.5, 0.6) is 0 Å². The number of fused-ring (bicyclic) bond motifs is 1. The van der Waals surface area contributed by atoms with E-state index in [2.05, 4.69) is 32.3 Å². The molecule has 0 saturated heterocycles. The Kier molecular flexibility index (Phi) is 3.65. The number of nitrogens with zero attached hydrogens (tertiary/aromatic N) is 1. The van der Waals surface area contributed by atoms with Gasteiger partial charge in [0, 0.05) is 30.0 Å². The Morgan fingerprint density at radius 2 is 1.95 bits per heavy atom. The first-order valence-electron chi connectivity index (χ1n) is 6.24. The van der Waals surface area contributed by atoms with Crippen LogP contribution in [-0.4, -0.2) is 4.98 Å². The number of hydrogen-bond donors (Lipinski definition) is 1. The lowest BCUT2D eigenvalue weighted by Gasteiger charge is -2.09. The van der Waals surface area contributed by atoms with Gasteiger partial charge in [0.15, 0.2) is 0 Å². The third-order valence-electron chi connectivity index (χ3n) is 3.15. The lowest BCUT2D eigenvalue weighted by atomic mass is 10.1. The fourth-order valence-corrected chi connectivity index (χ4v) is 2.50. The predicted octanol–water partition coefficient (Wildman–Crippen LogP) is 4.75. The van der Waals surface area contributed by atoms with Crippen LogP contribution in [0.3, 0.4) is 0 Å². The minimum Gasteiger partial charge on any atom is -0.381 e. The van der Waals surface area contributed by atoms with Crippen molar-refractivity contribution < 1.29 is 4.39 Å². The molecule has 0 saturated carbocycles. The lowest BCUT2D eigenvalue weighted by Crippen LogP contribution is -2.01. The van der Waals surface area contributed by atoms with Gasteiger partial charge in [-0.3, -0.25) is 4.98 Å². The SMILES string of the molecule is Fc1ccc(NCc2cncc3ccccc23)cc1Br. The van der Waals surface area contributed by atoms with Gasteiger partial charge in [-0.2, -0.15) is 0 Å². The molecule has 2 nitrogen and oxygen atoms in total. The van der Waals surface area contributed by atoms with Crippen LogP contribution in [0.4, 0.5) is 10.1 Å². The van der Waals surface area contributed by atoms with Crippen LogP contribution >= 0.6 is 15.9 Å². The van der Waals surface area contributed by atoms with E-state index in [0.29, 0.717) is 11.0 Å². The van der Waals surface area contributed by atoms with E-state index in [9.17, 15) is 4.39 Å². The maximum Gasteiger partial charge on any atom is 0.137 e. The van der Waals surface area contributed by atoms with E-state index in [1.54, 1.807) is 12.1 Å². The Bertz CT molecular complexity index is 753. The van der Waals surface area contributed by atoms with E-state index in [4.69, 9.17) is 0 Å². The van der Waals surface area contributed by atoms with Crippen molar-refractivity contribution >= 4 is 32.4 Å². The van der Waals surface area contributed by atoms with E-state index in [-0.39, 0.29) is 5.82 Å². The van der Waals surface area contributed by atoms with Gasteiger partial charge in [-0.1, -0.05) is 24.3 Å². The molecule has 0 spiro atoms. The highest BCUT2D eigenvalue weighted by Gasteiger charge is 2.03. The maximum atomic E-state index is 13.2. The van der Waals surface area contributed by atoms with Crippen LogP contribution in [0.25, 0.3) is 10.8 Å². The Morgan fingerprint density at radius 1 is 1.10 bits per heavy atom. The fraction of sp³-hybridized carbons (Fsp3) is 0.0625. The molecule has 0 unspecified atom stereocenters. The van der Waals surface area contributed by atoms with Gasteiger partial charge < -0.3 is 5.32 Å². The Labute approximate surface area is 124 Å². The molecule has 0 amide bonds. The van der Waals surface area contributed by atoms with Crippen LogP contribution in [-0.2, 0) is 6.54 Å². The minimum absolute atomic E-state index is 0.262. The van der Waals surface area contributed by atoms with Gasteiger partial charge in [0.1, 0.15) is 5.82 Å². The Morgan fingerprint density at radius 3 is 2.80 bits per heavy atom. The summed E-state index contributed by atoms with van der Waals surface area (Å²) in [6, 6.07) is 13.0. The molecule has 20 heavy (non-hydrogen) atoms. The molecule has 0 fully saturated rings. The number of benzene rings is 2. The molecule has 0 aliphatic heterocycles. The highest BCUT2D eigenvalue weighted by atomic mass is 79.9. The Balaban J connectivity index is 1.85. The monoisotopic (exact) mass is 330 g/mol. The van der Waals surface area contributed by atoms with Gasteiger partial charge in [-0.15, -0.1) is 0 Å². The summed E-state index contributed by atoms with van der Waals surface area (Å²) in [6.07, 6.45) is 3.71. The first-order valence-corrected chi connectivity index (χ1v) is 7.04. The number of halogens is 2. The number of nitrogens with one attached hydrogen (secondary N) is 1. The molecule has 0 aliphatic carbocycles. The molecular weight excluding hydrogens is 319 g/mol. The zero-order valence-electron chi connectivity index (χ0n) is 10.6. The zero-order valence-corrected chi connectivity index (χ0v) is 12.2. The number of rotatable bonds is 3. The molecule has 0 bridgehead atoms. The average molecular weight is 331 g/mol. The van der Waals surface area contributed by atoms with Crippen molar-refractivity contribution in [2.75, 3.05) is 5.32 Å². The summed E-state index contributed by atoms with van der Waals surface area (Å²) in [7, 11) is 0. The van der Waals surface area contributed by atoms with Gasteiger partial charge >= 0.3 is 0 Å². The van der Waals surface area contributed by atoms with Crippen molar-refractivity contribution in [1.82, 2.24) is 4.98 Å². The van der Waals surface area contributed by atoms with Gasteiger partial charge in [0.05, 0.1) is 4.47 Å². The van der Waals surface area contributed by atoms with Crippen LogP contribution < -0.4 is 5.32 Å². The number of aromatic nitrogens is 1. The quantitative estimate of drug-likeness (QED) is 0.749. The Hall–Kier alpha value is -1.94. The van der Waals surface area contributed by atoms with Crippen LogP contribution in [0.1, 0.15) is 5.56 Å². The fourth-order valence-electron chi connectivity index (χ4n) is 2.12. The van der Waals surface area contributed by atoms with Gasteiger partial charge in [0.2, 0.25) is 0 Å². The molecule has 1 heterocycles. The number of pyridine rings is 1. The third kappa shape index (κ3) is 2.65. The van der Waals surface area contributed by atoms with Crippen molar-refractivity contribution in [2.45, 2.75) is 6.54 Å².